The summed E-state index contributed by atoms with van der Waals surface area (Å²) in [5.74, 6) is 0. The van der Waals surface area contributed by atoms with Gasteiger partial charge in [0.15, 0.2) is 0 Å². The minimum Gasteiger partial charge on any atom is -0.325 e. The number of anilines is 1. The van der Waals surface area contributed by atoms with E-state index in [9.17, 15) is 0 Å². The number of benzene rings is 2. The summed E-state index contributed by atoms with van der Waals surface area (Å²) in [6, 6.07) is 15.8. The maximum absolute atomic E-state index is 6.27. The standard InChI is InChI=1S/C16H16ClN3/c1-11(18)16-19-15-9-5-8-14(17)13(15)10-20(16)12-6-3-2-4-7-12/h2-11,16H,18H2,1H3/t11?,16-/m1/s1. The van der Waals surface area contributed by atoms with Crippen molar-refractivity contribution < 1.29 is 0 Å². The van der Waals surface area contributed by atoms with Crippen molar-refractivity contribution in [1.82, 2.24) is 0 Å². The first kappa shape index (κ1) is 13.2. The summed E-state index contributed by atoms with van der Waals surface area (Å²) in [7, 11) is 0. The molecule has 0 saturated carbocycles. The molecule has 0 bridgehead atoms. The number of hydrogen-bond acceptors (Lipinski definition) is 3. The predicted molar refractivity (Wildman–Crippen MR) is 83.1 cm³/mol. The number of fused-ring (bicyclic) bond motifs is 1. The third kappa shape index (κ3) is 2.30. The Bertz CT molecular complexity index is 725. The zero-order valence-corrected chi connectivity index (χ0v) is 12.0. The van der Waals surface area contributed by atoms with Gasteiger partial charge in [-0.1, -0.05) is 35.9 Å². The molecule has 0 spiro atoms. The second kappa shape index (κ2) is 5.27. The summed E-state index contributed by atoms with van der Waals surface area (Å²) in [6.45, 7) is 1.97. The van der Waals surface area contributed by atoms with E-state index < -0.39 is 0 Å². The lowest BCUT2D eigenvalue weighted by molar-refractivity contribution is 0.557. The molecule has 2 atom stereocenters. The molecule has 3 nitrogen and oxygen atoms in total. The average molecular weight is 286 g/mol. The lowest BCUT2D eigenvalue weighted by Crippen LogP contribution is -2.49. The summed E-state index contributed by atoms with van der Waals surface area (Å²) in [4.78, 5) is 6.83. The Morgan fingerprint density at radius 2 is 1.90 bits per heavy atom. The van der Waals surface area contributed by atoms with Gasteiger partial charge >= 0.3 is 0 Å². The highest BCUT2D eigenvalue weighted by Crippen LogP contribution is 2.20. The molecular weight excluding hydrogens is 270 g/mol. The van der Waals surface area contributed by atoms with Crippen LogP contribution in [0.1, 0.15) is 6.92 Å². The van der Waals surface area contributed by atoms with Crippen molar-refractivity contribution in [2.45, 2.75) is 19.1 Å². The van der Waals surface area contributed by atoms with Gasteiger partial charge in [0.1, 0.15) is 6.17 Å². The Kier molecular flexibility index (Phi) is 3.47. The van der Waals surface area contributed by atoms with Crippen molar-refractivity contribution in [2.75, 3.05) is 4.90 Å². The monoisotopic (exact) mass is 285 g/mol. The molecule has 4 heteroatoms. The zero-order chi connectivity index (χ0) is 14.1. The van der Waals surface area contributed by atoms with Crippen LogP contribution < -0.4 is 21.2 Å². The number of halogens is 1. The van der Waals surface area contributed by atoms with Crippen molar-refractivity contribution in [3.63, 3.8) is 0 Å². The molecule has 102 valence electrons. The van der Waals surface area contributed by atoms with E-state index in [1.165, 1.54) is 0 Å². The van der Waals surface area contributed by atoms with Gasteiger partial charge in [0.25, 0.3) is 0 Å². The number of nitrogens with two attached hydrogens (primary N) is 1. The van der Waals surface area contributed by atoms with Crippen LogP contribution in [-0.2, 0) is 0 Å². The molecule has 0 amide bonds. The molecule has 0 fully saturated rings. The van der Waals surface area contributed by atoms with E-state index in [1.807, 2.05) is 61.7 Å². The van der Waals surface area contributed by atoms with E-state index in [1.54, 1.807) is 0 Å². The van der Waals surface area contributed by atoms with Crippen LogP contribution in [0.15, 0.2) is 53.5 Å². The van der Waals surface area contributed by atoms with Gasteiger partial charge in [-0.2, -0.15) is 0 Å². The summed E-state index contributed by atoms with van der Waals surface area (Å²) in [5.41, 5.74) is 7.16. The van der Waals surface area contributed by atoms with Crippen LogP contribution in [0.4, 0.5) is 5.69 Å². The number of rotatable bonds is 2. The van der Waals surface area contributed by atoms with E-state index >= 15 is 0 Å². The lowest BCUT2D eigenvalue weighted by atomic mass is 10.1. The topological polar surface area (TPSA) is 41.6 Å². The third-order valence-electron chi connectivity index (χ3n) is 3.38. The van der Waals surface area contributed by atoms with Crippen LogP contribution in [0.2, 0.25) is 5.02 Å². The van der Waals surface area contributed by atoms with E-state index in [0.717, 1.165) is 16.3 Å². The molecule has 20 heavy (non-hydrogen) atoms. The van der Waals surface area contributed by atoms with Gasteiger partial charge in [-0.15, -0.1) is 0 Å². The molecule has 0 radical (unpaired) electrons. The first-order valence-electron chi connectivity index (χ1n) is 6.60. The van der Waals surface area contributed by atoms with E-state index in [0.29, 0.717) is 5.02 Å². The van der Waals surface area contributed by atoms with E-state index in [2.05, 4.69) is 4.90 Å². The number of para-hydroxylation sites is 1. The van der Waals surface area contributed by atoms with Gasteiger partial charge in [0.2, 0.25) is 0 Å². The van der Waals surface area contributed by atoms with Crippen LogP contribution in [0, 0.1) is 0 Å². The molecule has 1 heterocycles. The molecule has 1 unspecified atom stereocenters. The average Bonchev–Trinajstić information content (AvgIpc) is 2.47. The largest absolute Gasteiger partial charge is 0.325 e. The normalized spacial score (nSPS) is 18.8. The van der Waals surface area contributed by atoms with Crippen molar-refractivity contribution in [2.24, 2.45) is 10.7 Å². The van der Waals surface area contributed by atoms with Crippen LogP contribution in [0.5, 0.6) is 0 Å². The van der Waals surface area contributed by atoms with Crippen molar-refractivity contribution in [3.8, 4) is 0 Å². The van der Waals surface area contributed by atoms with Crippen LogP contribution in [-0.4, -0.2) is 12.2 Å². The molecule has 0 saturated heterocycles. The Morgan fingerprint density at radius 1 is 1.15 bits per heavy atom. The highest BCUT2D eigenvalue weighted by atomic mass is 35.5. The maximum Gasteiger partial charge on any atom is 0.140 e. The molecular formula is C16H16ClN3. The fourth-order valence-corrected chi connectivity index (χ4v) is 2.60. The molecule has 0 aliphatic carbocycles. The van der Waals surface area contributed by atoms with E-state index in [4.69, 9.17) is 22.3 Å². The summed E-state index contributed by atoms with van der Waals surface area (Å²) < 4.78 is 0. The summed E-state index contributed by atoms with van der Waals surface area (Å²) >= 11 is 6.27. The molecule has 0 aromatic heterocycles. The lowest BCUT2D eigenvalue weighted by Gasteiger charge is -2.32. The Balaban J connectivity index is 2.21. The smallest absolute Gasteiger partial charge is 0.140 e. The second-order valence-electron chi connectivity index (χ2n) is 4.95. The second-order valence-corrected chi connectivity index (χ2v) is 5.35. The highest BCUT2D eigenvalue weighted by Gasteiger charge is 2.23. The van der Waals surface area contributed by atoms with Gasteiger partial charge in [-0.05, 0) is 31.2 Å². The quantitative estimate of drug-likeness (QED) is 0.916. The maximum atomic E-state index is 6.27. The highest BCUT2D eigenvalue weighted by molar-refractivity contribution is 6.30. The van der Waals surface area contributed by atoms with Crippen LogP contribution in [0.3, 0.4) is 0 Å². The minimum atomic E-state index is -0.122. The SMILES string of the molecule is CC(N)[C@@H]1N=c2cccc(Cl)c2=CN1c1ccccc1. The van der Waals surface area contributed by atoms with Crippen molar-refractivity contribution in [3.05, 3.63) is 64.1 Å². The fourth-order valence-electron chi connectivity index (χ4n) is 2.38. The minimum absolute atomic E-state index is 0.0846. The van der Waals surface area contributed by atoms with Crippen LogP contribution in [0.25, 0.3) is 6.20 Å². The molecule has 1 aliphatic heterocycles. The molecule has 2 aromatic carbocycles. The summed E-state index contributed by atoms with van der Waals surface area (Å²) in [5, 5.41) is 2.54. The van der Waals surface area contributed by atoms with Crippen LogP contribution >= 0.6 is 11.6 Å². The predicted octanol–water partition coefficient (Wildman–Crippen LogP) is 1.89. The first-order chi connectivity index (χ1) is 9.66. The number of nitrogens with zero attached hydrogens (tertiary/aromatic N) is 2. The third-order valence-corrected chi connectivity index (χ3v) is 3.71. The van der Waals surface area contributed by atoms with Crippen molar-refractivity contribution in [1.29, 1.82) is 0 Å². The molecule has 2 N–H and O–H groups in total. The Labute approximate surface area is 123 Å². The van der Waals surface area contributed by atoms with Gasteiger partial charge < -0.3 is 10.6 Å². The molecule has 2 aromatic rings. The number of hydrogen-bond donors (Lipinski definition) is 1. The van der Waals surface area contributed by atoms with Gasteiger partial charge in [-0.3, -0.25) is 4.99 Å². The van der Waals surface area contributed by atoms with Crippen molar-refractivity contribution >= 4 is 23.5 Å². The Hall–Kier alpha value is -1.84. The zero-order valence-electron chi connectivity index (χ0n) is 11.2. The van der Waals surface area contributed by atoms with E-state index in [-0.39, 0.29) is 12.2 Å². The van der Waals surface area contributed by atoms with Gasteiger partial charge in [0.05, 0.1) is 10.4 Å². The van der Waals surface area contributed by atoms with Gasteiger partial charge in [-0.25, -0.2) is 0 Å². The fraction of sp³-hybridized carbons (Fsp3) is 0.188. The summed E-state index contributed by atoms with van der Waals surface area (Å²) in [6.07, 6.45) is 1.91. The Morgan fingerprint density at radius 3 is 2.60 bits per heavy atom. The molecule has 3 rings (SSSR count). The van der Waals surface area contributed by atoms with Gasteiger partial charge in [0, 0.05) is 23.1 Å². The molecule has 1 aliphatic rings. The first-order valence-corrected chi connectivity index (χ1v) is 6.98.